The number of imidazole rings is 1. The Labute approximate surface area is 279 Å². The van der Waals surface area contributed by atoms with Gasteiger partial charge in [-0.1, -0.05) is 97.7 Å². The molecule has 0 aliphatic carbocycles. The molecule has 0 radical (unpaired) electrons. The number of hydrogen-bond donors (Lipinski definition) is 3. The molecule has 1 heterocycles. The van der Waals surface area contributed by atoms with E-state index in [9.17, 15) is 33.0 Å². The number of aliphatic hydroxyl groups is 2. The second kappa shape index (κ2) is 16.6. The van der Waals surface area contributed by atoms with Crippen molar-refractivity contribution < 1.29 is 33.0 Å². The second-order valence-corrected chi connectivity index (χ2v) is 13.5. The number of Topliss-reactive ketones (excluding diaryl/α,β-unsaturated/α-hetero) is 2. The van der Waals surface area contributed by atoms with E-state index < -0.39 is 52.1 Å². The van der Waals surface area contributed by atoms with Gasteiger partial charge in [0.1, 0.15) is 24.1 Å². The lowest BCUT2D eigenvalue weighted by Crippen LogP contribution is -2.41. The molecule has 12 heteroatoms. The van der Waals surface area contributed by atoms with Crippen molar-refractivity contribution >= 4 is 38.9 Å². The average Bonchev–Trinajstić information content (AvgIpc) is 3.38. The lowest BCUT2D eigenvalue weighted by Gasteiger charge is -2.15. The average molecular weight is 680 g/mol. The van der Waals surface area contributed by atoms with Crippen LogP contribution in [0.15, 0.2) is 83.8 Å². The Kier molecular flexibility index (Phi) is 12.6. The van der Waals surface area contributed by atoms with E-state index in [2.05, 4.69) is 17.2 Å². The van der Waals surface area contributed by atoms with Crippen molar-refractivity contribution in [2.24, 2.45) is 5.92 Å². The molecule has 0 aliphatic heterocycles. The molecule has 1 aromatic heterocycles. The third kappa shape index (κ3) is 9.23. The van der Waals surface area contributed by atoms with Gasteiger partial charge >= 0.3 is 0 Å². The quantitative estimate of drug-likeness (QED) is 0.142. The molecule has 3 N–H and O–H groups in total. The number of sulfone groups is 1. The Bertz CT molecular complexity index is 1810. The summed E-state index contributed by atoms with van der Waals surface area (Å²) in [5.41, 5.74) is 3.17. The SMILES string of the molecule is CCCCc1nc(Cl)c(CO)n1Cc1ccc(-c2ccccc2S(=O)(=O)CC(=O)CNC(=O)C(Cc2ccccc2)C(=O)CO)cc1. The monoisotopic (exact) mass is 679 g/mol. The number of aromatic nitrogens is 2. The van der Waals surface area contributed by atoms with Crippen LogP contribution in [0.4, 0.5) is 0 Å². The molecule has 47 heavy (non-hydrogen) atoms. The summed E-state index contributed by atoms with van der Waals surface area (Å²) in [6, 6.07) is 22.4. The second-order valence-electron chi connectivity index (χ2n) is 11.2. The first-order valence-corrected chi connectivity index (χ1v) is 17.3. The van der Waals surface area contributed by atoms with Crippen LogP contribution in [0.3, 0.4) is 0 Å². The predicted octanol–water partition coefficient (Wildman–Crippen LogP) is 3.97. The summed E-state index contributed by atoms with van der Waals surface area (Å²) in [5.74, 6) is -3.51. The third-order valence-corrected chi connectivity index (χ3v) is 9.82. The number of carbonyl (C=O) groups excluding carboxylic acids is 3. The van der Waals surface area contributed by atoms with Gasteiger partial charge in [0.25, 0.3) is 0 Å². The zero-order chi connectivity index (χ0) is 34.0. The maximum atomic E-state index is 13.4. The minimum atomic E-state index is -4.12. The minimum absolute atomic E-state index is 0.0312. The van der Waals surface area contributed by atoms with Crippen molar-refractivity contribution in [3.05, 3.63) is 107 Å². The van der Waals surface area contributed by atoms with Gasteiger partial charge in [-0.15, -0.1) is 0 Å². The predicted molar refractivity (Wildman–Crippen MR) is 179 cm³/mol. The van der Waals surface area contributed by atoms with E-state index in [0.717, 1.165) is 30.7 Å². The Morgan fingerprint density at radius 3 is 2.28 bits per heavy atom. The number of rotatable bonds is 17. The van der Waals surface area contributed by atoms with E-state index in [1.807, 2.05) is 16.7 Å². The number of nitrogens with one attached hydrogen (secondary N) is 1. The van der Waals surface area contributed by atoms with Gasteiger partial charge < -0.3 is 20.1 Å². The number of benzene rings is 3. The molecule has 0 saturated carbocycles. The fraction of sp³-hybridized carbons (Fsp3) is 0.314. The molecule has 4 aromatic rings. The molecular weight excluding hydrogens is 642 g/mol. The molecule has 1 atom stereocenters. The van der Waals surface area contributed by atoms with Gasteiger partial charge in [0, 0.05) is 18.5 Å². The minimum Gasteiger partial charge on any atom is -0.390 e. The summed E-state index contributed by atoms with van der Waals surface area (Å²) < 4.78 is 28.8. The van der Waals surface area contributed by atoms with Crippen molar-refractivity contribution in [3.8, 4) is 11.1 Å². The molecule has 248 valence electrons. The molecule has 0 bridgehead atoms. The highest BCUT2D eigenvalue weighted by Crippen LogP contribution is 2.29. The maximum Gasteiger partial charge on any atom is 0.231 e. The lowest BCUT2D eigenvalue weighted by atomic mass is 9.94. The summed E-state index contributed by atoms with van der Waals surface area (Å²) in [6.07, 6.45) is 2.66. The van der Waals surface area contributed by atoms with Crippen LogP contribution in [-0.4, -0.2) is 64.6 Å². The number of aliphatic hydroxyl groups excluding tert-OH is 2. The molecule has 3 aromatic carbocycles. The Balaban J connectivity index is 1.46. The van der Waals surface area contributed by atoms with Crippen molar-refractivity contribution in [2.45, 2.75) is 50.7 Å². The van der Waals surface area contributed by atoms with E-state index in [-0.39, 0.29) is 23.1 Å². The van der Waals surface area contributed by atoms with E-state index in [1.54, 1.807) is 60.7 Å². The van der Waals surface area contributed by atoms with Crippen LogP contribution in [-0.2, 0) is 50.2 Å². The standard InChI is InChI=1S/C35H38ClN3O7S/c1-2-3-13-33-38-34(36)30(21-40)39(33)20-25-14-16-26(17-15-25)28-11-7-8-12-32(28)47(45,46)23-27(42)19-37-35(44)29(31(43)22-41)18-24-9-5-4-6-10-24/h4-12,14-17,29,40-41H,2-3,13,18-23H2,1H3,(H,37,44). The summed E-state index contributed by atoms with van der Waals surface area (Å²) >= 11 is 6.28. The fourth-order valence-corrected chi connectivity index (χ4v) is 7.03. The summed E-state index contributed by atoms with van der Waals surface area (Å²) in [5, 5.41) is 21.9. The van der Waals surface area contributed by atoms with Gasteiger partial charge in [0.15, 0.2) is 26.6 Å². The number of hydrogen-bond acceptors (Lipinski definition) is 8. The Morgan fingerprint density at radius 1 is 0.936 bits per heavy atom. The number of carbonyl (C=O) groups is 3. The first-order chi connectivity index (χ1) is 22.6. The Hall–Kier alpha value is -4.16. The van der Waals surface area contributed by atoms with Crippen molar-refractivity contribution in [1.82, 2.24) is 14.9 Å². The largest absolute Gasteiger partial charge is 0.390 e. The number of aryl methyl sites for hydroxylation is 1. The van der Waals surface area contributed by atoms with E-state index >= 15 is 0 Å². The number of ketones is 2. The van der Waals surface area contributed by atoms with Crippen LogP contribution in [0.1, 0.15) is 42.4 Å². The van der Waals surface area contributed by atoms with Gasteiger partial charge in [0.2, 0.25) is 5.91 Å². The smallest absolute Gasteiger partial charge is 0.231 e. The zero-order valence-corrected chi connectivity index (χ0v) is 27.6. The number of amides is 1. The van der Waals surface area contributed by atoms with Crippen LogP contribution in [0.25, 0.3) is 11.1 Å². The first-order valence-electron chi connectivity index (χ1n) is 15.3. The topological polar surface area (TPSA) is 156 Å². The van der Waals surface area contributed by atoms with E-state index in [1.165, 1.54) is 6.07 Å². The summed E-state index contributed by atoms with van der Waals surface area (Å²) in [6.45, 7) is 0.822. The first kappa shape index (κ1) is 35.7. The molecule has 0 spiro atoms. The lowest BCUT2D eigenvalue weighted by molar-refractivity contribution is -0.136. The van der Waals surface area contributed by atoms with Crippen LogP contribution in [0.5, 0.6) is 0 Å². The van der Waals surface area contributed by atoms with Gasteiger partial charge in [-0.25, -0.2) is 13.4 Å². The Morgan fingerprint density at radius 2 is 1.62 bits per heavy atom. The van der Waals surface area contributed by atoms with Crippen molar-refractivity contribution in [2.75, 3.05) is 18.9 Å². The highest BCUT2D eigenvalue weighted by atomic mass is 35.5. The normalized spacial score (nSPS) is 12.1. The van der Waals surface area contributed by atoms with E-state index in [4.69, 9.17) is 11.6 Å². The zero-order valence-electron chi connectivity index (χ0n) is 26.1. The summed E-state index contributed by atoms with van der Waals surface area (Å²) in [7, 11) is -4.12. The molecule has 1 unspecified atom stereocenters. The molecule has 10 nitrogen and oxygen atoms in total. The van der Waals surface area contributed by atoms with Crippen molar-refractivity contribution in [3.63, 3.8) is 0 Å². The van der Waals surface area contributed by atoms with Gasteiger partial charge in [-0.05, 0) is 35.6 Å². The van der Waals surface area contributed by atoms with Crippen LogP contribution >= 0.6 is 11.6 Å². The molecule has 4 rings (SSSR count). The summed E-state index contributed by atoms with van der Waals surface area (Å²) in [4.78, 5) is 42.3. The number of unbranched alkanes of at least 4 members (excludes halogenated alkanes) is 1. The van der Waals surface area contributed by atoms with Crippen LogP contribution in [0.2, 0.25) is 5.15 Å². The van der Waals surface area contributed by atoms with Gasteiger partial charge in [0.05, 0.1) is 23.7 Å². The molecule has 0 aliphatic rings. The van der Waals surface area contributed by atoms with Gasteiger partial charge in [-0.3, -0.25) is 14.4 Å². The molecular formula is C35H38ClN3O7S. The third-order valence-electron chi connectivity index (χ3n) is 7.79. The van der Waals surface area contributed by atoms with Gasteiger partial charge in [-0.2, -0.15) is 0 Å². The fourth-order valence-electron chi connectivity index (χ4n) is 5.28. The maximum absolute atomic E-state index is 13.4. The van der Waals surface area contributed by atoms with Crippen LogP contribution in [0, 0.1) is 5.92 Å². The molecule has 0 fully saturated rings. The van der Waals surface area contributed by atoms with E-state index in [0.29, 0.717) is 28.9 Å². The highest BCUT2D eigenvalue weighted by molar-refractivity contribution is 7.92. The van der Waals surface area contributed by atoms with Crippen LogP contribution < -0.4 is 5.32 Å². The number of nitrogens with zero attached hydrogens (tertiary/aromatic N) is 2. The highest BCUT2D eigenvalue weighted by Gasteiger charge is 2.28. The van der Waals surface area contributed by atoms with Crippen molar-refractivity contribution in [1.29, 1.82) is 0 Å². The molecule has 0 saturated heterocycles. The number of halogens is 1. The molecule has 1 amide bonds.